The number of nitrogens with zero attached hydrogens (tertiary/aromatic N) is 1. The van der Waals surface area contributed by atoms with E-state index in [-0.39, 0.29) is 27.2 Å². The number of ether oxygens (including phenoxy) is 1. The smallest absolute Gasteiger partial charge is 0.272 e. The number of nitrogens with two attached hydrogens (primary N) is 1. The summed E-state index contributed by atoms with van der Waals surface area (Å²) in [5, 5.41) is 7.82. The number of hydrogen-bond donors (Lipinski definition) is 2. The Morgan fingerprint density at radius 3 is 2.38 bits per heavy atom. The van der Waals surface area contributed by atoms with Gasteiger partial charge in [0.05, 0.1) is 20.8 Å². The number of fused-ring (bicyclic) bond motifs is 1. The van der Waals surface area contributed by atoms with Crippen LogP contribution in [0, 0.1) is 0 Å². The number of H-pyrrole nitrogens is 1. The van der Waals surface area contributed by atoms with Gasteiger partial charge in [0.25, 0.3) is 5.56 Å². The van der Waals surface area contributed by atoms with E-state index in [0.717, 1.165) is 0 Å². The molecule has 0 unspecified atom stereocenters. The summed E-state index contributed by atoms with van der Waals surface area (Å²) in [6, 6.07) is 9.99. The van der Waals surface area contributed by atoms with E-state index < -0.39 is 0 Å². The highest BCUT2D eigenvalue weighted by atomic mass is 35.5. The maximum Gasteiger partial charge on any atom is 0.272 e. The molecule has 0 bridgehead atoms. The zero-order chi connectivity index (χ0) is 15.0. The first-order chi connectivity index (χ1) is 10.1. The van der Waals surface area contributed by atoms with Crippen molar-refractivity contribution in [3.05, 3.63) is 56.8 Å². The van der Waals surface area contributed by atoms with Crippen molar-refractivity contribution in [2.24, 2.45) is 0 Å². The average molecular weight is 322 g/mol. The number of nitrogen functional groups attached to an aromatic ring is 1. The van der Waals surface area contributed by atoms with Gasteiger partial charge in [-0.05, 0) is 24.3 Å². The van der Waals surface area contributed by atoms with Gasteiger partial charge in [0.2, 0.25) is 5.88 Å². The number of aromatic nitrogens is 2. The minimum Gasteiger partial charge on any atom is -0.434 e. The van der Waals surface area contributed by atoms with Crippen molar-refractivity contribution in [2.45, 2.75) is 0 Å². The number of aromatic amines is 1. The van der Waals surface area contributed by atoms with E-state index in [0.29, 0.717) is 16.5 Å². The second kappa shape index (κ2) is 5.27. The summed E-state index contributed by atoms with van der Waals surface area (Å²) in [6.45, 7) is 0. The van der Waals surface area contributed by atoms with Crippen LogP contribution in [0.2, 0.25) is 10.0 Å². The van der Waals surface area contributed by atoms with Crippen LogP contribution in [0.25, 0.3) is 10.8 Å². The number of halogens is 2. The van der Waals surface area contributed by atoms with Crippen LogP contribution in [0.15, 0.2) is 41.2 Å². The number of benzene rings is 2. The maximum atomic E-state index is 11.7. The summed E-state index contributed by atoms with van der Waals surface area (Å²) < 4.78 is 5.66. The molecule has 3 N–H and O–H groups in total. The lowest BCUT2D eigenvalue weighted by Gasteiger charge is -2.10. The molecule has 0 saturated carbocycles. The molecule has 7 heteroatoms. The summed E-state index contributed by atoms with van der Waals surface area (Å²) in [5.74, 6) is 0.441. The normalized spacial score (nSPS) is 10.8. The van der Waals surface area contributed by atoms with Crippen molar-refractivity contribution < 1.29 is 4.74 Å². The molecule has 0 amide bonds. The van der Waals surface area contributed by atoms with Gasteiger partial charge in [0, 0.05) is 5.69 Å². The van der Waals surface area contributed by atoms with Gasteiger partial charge in [0.15, 0.2) is 5.75 Å². The van der Waals surface area contributed by atoms with Crippen LogP contribution in [0.3, 0.4) is 0 Å². The number of hydrogen-bond acceptors (Lipinski definition) is 4. The Morgan fingerprint density at radius 1 is 1.10 bits per heavy atom. The number of rotatable bonds is 2. The summed E-state index contributed by atoms with van der Waals surface area (Å²) in [4.78, 5) is 11.7. The molecule has 0 atom stereocenters. The average Bonchev–Trinajstić information content (AvgIpc) is 2.45. The van der Waals surface area contributed by atoms with Crippen molar-refractivity contribution in [1.29, 1.82) is 0 Å². The second-order valence-electron chi connectivity index (χ2n) is 4.32. The zero-order valence-electron chi connectivity index (χ0n) is 10.6. The lowest BCUT2D eigenvalue weighted by Crippen LogP contribution is -2.09. The first-order valence-corrected chi connectivity index (χ1v) is 6.71. The molecule has 0 aliphatic rings. The molecule has 0 fully saturated rings. The quantitative estimate of drug-likeness (QED) is 0.706. The van der Waals surface area contributed by atoms with Crippen LogP contribution in [0.5, 0.6) is 11.6 Å². The third-order valence-electron chi connectivity index (χ3n) is 2.88. The maximum absolute atomic E-state index is 11.7. The molecule has 3 rings (SSSR count). The van der Waals surface area contributed by atoms with Gasteiger partial charge in [-0.3, -0.25) is 4.79 Å². The first kappa shape index (κ1) is 13.7. The largest absolute Gasteiger partial charge is 0.434 e. The van der Waals surface area contributed by atoms with E-state index >= 15 is 0 Å². The molecular formula is C14H9Cl2N3O2. The van der Waals surface area contributed by atoms with E-state index in [2.05, 4.69) is 10.2 Å². The molecule has 1 heterocycles. The van der Waals surface area contributed by atoms with E-state index in [1.807, 2.05) is 0 Å². The molecule has 0 radical (unpaired) electrons. The standard InChI is InChI=1S/C14H9Cl2N3O2/c15-10-5-7(17)6-11(16)12(10)21-14-9-4-2-1-3-8(9)13(20)18-19-14/h1-6H,17H2,(H,18,20). The Labute approximate surface area is 129 Å². The Morgan fingerprint density at radius 2 is 1.71 bits per heavy atom. The van der Waals surface area contributed by atoms with Gasteiger partial charge < -0.3 is 10.5 Å². The highest BCUT2D eigenvalue weighted by molar-refractivity contribution is 6.37. The van der Waals surface area contributed by atoms with Gasteiger partial charge in [-0.1, -0.05) is 35.3 Å². The lowest BCUT2D eigenvalue weighted by atomic mass is 10.2. The third-order valence-corrected chi connectivity index (χ3v) is 3.44. The molecule has 0 aliphatic carbocycles. The van der Waals surface area contributed by atoms with Crippen LogP contribution >= 0.6 is 23.2 Å². The Hall–Kier alpha value is -2.24. The predicted octanol–water partition coefficient (Wildman–Crippen LogP) is 3.60. The molecule has 21 heavy (non-hydrogen) atoms. The van der Waals surface area contributed by atoms with Gasteiger partial charge in [-0.15, -0.1) is 5.10 Å². The fourth-order valence-electron chi connectivity index (χ4n) is 1.94. The molecular weight excluding hydrogens is 313 g/mol. The van der Waals surface area contributed by atoms with Gasteiger partial charge in [-0.2, -0.15) is 0 Å². The lowest BCUT2D eigenvalue weighted by molar-refractivity contribution is 0.461. The van der Waals surface area contributed by atoms with Crippen LogP contribution in [-0.2, 0) is 0 Å². The minimum absolute atomic E-state index is 0.207. The van der Waals surface area contributed by atoms with E-state index in [9.17, 15) is 4.79 Å². The summed E-state index contributed by atoms with van der Waals surface area (Å²) in [5.41, 5.74) is 5.77. The zero-order valence-corrected chi connectivity index (χ0v) is 12.1. The van der Waals surface area contributed by atoms with Crippen molar-refractivity contribution in [3.63, 3.8) is 0 Å². The third kappa shape index (κ3) is 2.53. The first-order valence-electron chi connectivity index (χ1n) is 5.96. The van der Waals surface area contributed by atoms with Crippen LogP contribution in [-0.4, -0.2) is 10.2 Å². The monoisotopic (exact) mass is 321 g/mol. The Kier molecular flexibility index (Phi) is 3.45. The van der Waals surface area contributed by atoms with Crippen LogP contribution < -0.4 is 16.0 Å². The summed E-state index contributed by atoms with van der Waals surface area (Å²) in [7, 11) is 0. The molecule has 2 aromatic carbocycles. The number of anilines is 1. The molecule has 5 nitrogen and oxygen atoms in total. The van der Waals surface area contributed by atoms with Crippen molar-refractivity contribution in [1.82, 2.24) is 10.2 Å². The number of nitrogens with one attached hydrogen (secondary N) is 1. The molecule has 3 aromatic rings. The van der Waals surface area contributed by atoms with Crippen LogP contribution in [0.4, 0.5) is 5.69 Å². The topological polar surface area (TPSA) is 81.0 Å². The minimum atomic E-state index is -0.299. The highest BCUT2D eigenvalue weighted by Crippen LogP contribution is 2.38. The van der Waals surface area contributed by atoms with Crippen molar-refractivity contribution in [2.75, 3.05) is 5.73 Å². The second-order valence-corrected chi connectivity index (χ2v) is 5.13. The Balaban J connectivity index is 2.16. The fraction of sp³-hybridized carbons (Fsp3) is 0. The fourth-order valence-corrected chi connectivity index (χ4v) is 2.52. The van der Waals surface area contributed by atoms with Crippen molar-refractivity contribution in [3.8, 4) is 11.6 Å². The molecule has 0 aliphatic heterocycles. The highest BCUT2D eigenvalue weighted by Gasteiger charge is 2.14. The molecule has 106 valence electrons. The Bertz CT molecular complexity index is 870. The van der Waals surface area contributed by atoms with Gasteiger partial charge in [0.1, 0.15) is 0 Å². The molecule has 0 spiro atoms. The predicted molar refractivity (Wildman–Crippen MR) is 83.3 cm³/mol. The van der Waals surface area contributed by atoms with Crippen LogP contribution in [0.1, 0.15) is 0 Å². The molecule has 0 saturated heterocycles. The van der Waals surface area contributed by atoms with E-state index in [1.54, 1.807) is 24.3 Å². The molecule has 1 aromatic heterocycles. The van der Waals surface area contributed by atoms with Gasteiger partial charge in [-0.25, -0.2) is 5.10 Å². The summed E-state index contributed by atoms with van der Waals surface area (Å²) >= 11 is 12.2. The van der Waals surface area contributed by atoms with Crippen molar-refractivity contribution >= 4 is 39.7 Å². The van der Waals surface area contributed by atoms with Gasteiger partial charge >= 0.3 is 0 Å². The van der Waals surface area contributed by atoms with E-state index in [4.69, 9.17) is 33.7 Å². The van der Waals surface area contributed by atoms with E-state index in [1.165, 1.54) is 12.1 Å². The summed E-state index contributed by atoms with van der Waals surface area (Å²) in [6.07, 6.45) is 0. The SMILES string of the molecule is Nc1cc(Cl)c(Oc2n[nH]c(=O)c3ccccc23)c(Cl)c1.